The van der Waals surface area contributed by atoms with Crippen molar-refractivity contribution in [3.8, 4) is 0 Å². The van der Waals surface area contributed by atoms with Crippen molar-refractivity contribution in [3.63, 3.8) is 0 Å². The lowest BCUT2D eigenvalue weighted by atomic mass is 10.1. The van der Waals surface area contributed by atoms with Crippen LogP contribution in [-0.4, -0.2) is 22.9 Å². The zero-order chi connectivity index (χ0) is 19.5. The van der Waals surface area contributed by atoms with Crippen LogP contribution in [0.1, 0.15) is 28.4 Å². The standard InChI is InChI=1S/C24H24ClFN2/c1-18-6-4-7-19(14-18)16-27-12-13-28(17-21-8-2-3-11-23(21)26)24(27)20-9-5-10-22(25)15-20/h2-11,14-15,24H,12-13,16-17H2,1H3. The van der Waals surface area contributed by atoms with E-state index in [-0.39, 0.29) is 12.0 Å². The normalized spacial score (nSPS) is 17.9. The van der Waals surface area contributed by atoms with Gasteiger partial charge in [-0.05, 0) is 36.2 Å². The van der Waals surface area contributed by atoms with Crippen LogP contribution in [0.2, 0.25) is 5.02 Å². The number of nitrogens with zero attached hydrogens (tertiary/aromatic N) is 2. The average Bonchev–Trinajstić information content (AvgIpc) is 3.06. The first-order valence-corrected chi connectivity index (χ1v) is 10.0. The minimum absolute atomic E-state index is 0.0684. The third kappa shape index (κ3) is 4.27. The predicted octanol–water partition coefficient (Wildman–Crippen LogP) is 5.80. The number of rotatable bonds is 5. The highest BCUT2D eigenvalue weighted by atomic mass is 35.5. The number of halogens is 2. The summed E-state index contributed by atoms with van der Waals surface area (Å²) < 4.78 is 14.3. The predicted molar refractivity (Wildman–Crippen MR) is 113 cm³/mol. The fraction of sp³-hybridized carbons (Fsp3) is 0.250. The van der Waals surface area contributed by atoms with E-state index in [2.05, 4.69) is 47.1 Å². The summed E-state index contributed by atoms with van der Waals surface area (Å²) in [5.41, 5.74) is 4.43. The molecule has 1 heterocycles. The molecule has 1 unspecified atom stereocenters. The fourth-order valence-electron chi connectivity index (χ4n) is 4.04. The van der Waals surface area contributed by atoms with Gasteiger partial charge in [-0.2, -0.15) is 0 Å². The Bertz CT molecular complexity index is 959. The SMILES string of the molecule is Cc1cccc(CN2CCN(Cc3ccccc3F)C2c2cccc(Cl)c2)c1. The first-order chi connectivity index (χ1) is 13.6. The minimum Gasteiger partial charge on any atom is -0.279 e. The number of aryl methyl sites for hydroxylation is 1. The van der Waals surface area contributed by atoms with Gasteiger partial charge in [0.25, 0.3) is 0 Å². The molecule has 0 aromatic heterocycles. The van der Waals surface area contributed by atoms with E-state index in [1.807, 2.05) is 30.3 Å². The summed E-state index contributed by atoms with van der Waals surface area (Å²) in [5, 5.41) is 0.728. The van der Waals surface area contributed by atoms with Crippen molar-refractivity contribution in [2.75, 3.05) is 13.1 Å². The summed E-state index contributed by atoms with van der Waals surface area (Å²) in [5.74, 6) is -0.149. The van der Waals surface area contributed by atoms with Crippen LogP contribution in [0.5, 0.6) is 0 Å². The van der Waals surface area contributed by atoms with Gasteiger partial charge in [-0.3, -0.25) is 9.80 Å². The Morgan fingerprint density at radius 3 is 2.39 bits per heavy atom. The number of benzene rings is 3. The molecule has 28 heavy (non-hydrogen) atoms. The molecule has 3 aromatic rings. The number of hydrogen-bond acceptors (Lipinski definition) is 2. The van der Waals surface area contributed by atoms with Crippen molar-refractivity contribution in [1.82, 2.24) is 9.80 Å². The second-order valence-electron chi connectivity index (χ2n) is 7.45. The van der Waals surface area contributed by atoms with E-state index in [4.69, 9.17) is 11.6 Å². The Hall–Kier alpha value is -2.20. The van der Waals surface area contributed by atoms with Gasteiger partial charge in [-0.1, -0.05) is 71.8 Å². The van der Waals surface area contributed by atoms with Crippen molar-refractivity contribution in [2.45, 2.75) is 26.2 Å². The van der Waals surface area contributed by atoms with Crippen molar-refractivity contribution < 1.29 is 4.39 Å². The average molecular weight is 395 g/mol. The van der Waals surface area contributed by atoms with Gasteiger partial charge < -0.3 is 0 Å². The smallest absolute Gasteiger partial charge is 0.127 e. The lowest BCUT2D eigenvalue weighted by Gasteiger charge is -2.31. The molecule has 2 nitrogen and oxygen atoms in total. The Morgan fingerprint density at radius 2 is 1.64 bits per heavy atom. The van der Waals surface area contributed by atoms with E-state index in [1.54, 1.807) is 6.07 Å². The molecule has 144 valence electrons. The maximum Gasteiger partial charge on any atom is 0.127 e. The van der Waals surface area contributed by atoms with E-state index < -0.39 is 0 Å². The monoisotopic (exact) mass is 394 g/mol. The Kier molecular flexibility index (Phi) is 5.77. The third-order valence-corrected chi connectivity index (χ3v) is 5.55. The first-order valence-electron chi connectivity index (χ1n) is 9.63. The molecular weight excluding hydrogens is 371 g/mol. The Balaban J connectivity index is 1.63. The van der Waals surface area contributed by atoms with Crippen LogP contribution in [0, 0.1) is 12.7 Å². The molecule has 4 heteroatoms. The molecule has 1 saturated heterocycles. The molecule has 0 N–H and O–H groups in total. The van der Waals surface area contributed by atoms with E-state index in [0.717, 1.165) is 35.8 Å². The molecule has 1 aliphatic rings. The van der Waals surface area contributed by atoms with Crippen molar-refractivity contribution >= 4 is 11.6 Å². The van der Waals surface area contributed by atoms with Gasteiger partial charge in [-0.25, -0.2) is 4.39 Å². The molecule has 3 aromatic carbocycles. The van der Waals surface area contributed by atoms with Crippen LogP contribution in [-0.2, 0) is 13.1 Å². The van der Waals surface area contributed by atoms with Crippen LogP contribution in [0.25, 0.3) is 0 Å². The molecule has 0 radical (unpaired) electrons. The largest absolute Gasteiger partial charge is 0.279 e. The van der Waals surface area contributed by atoms with Crippen LogP contribution in [0.3, 0.4) is 0 Å². The van der Waals surface area contributed by atoms with Gasteiger partial charge in [0.15, 0.2) is 0 Å². The summed E-state index contributed by atoms with van der Waals surface area (Å²) in [6, 6.07) is 23.7. The molecule has 1 atom stereocenters. The fourth-order valence-corrected chi connectivity index (χ4v) is 4.24. The van der Waals surface area contributed by atoms with Crippen molar-refractivity contribution in [1.29, 1.82) is 0 Å². The van der Waals surface area contributed by atoms with Crippen LogP contribution >= 0.6 is 11.6 Å². The molecular formula is C24H24ClFN2. The van der Waals surface area contributed by atoms with Gasteiger partial charge in [0.05, 0.1) is 6.17 Å². The summed E-state index contributed by atoms with van der Waals surface area (Å²) >= 11 is 6.29. The molecule has 1 aliphatic heterocycles. The van der Waals surface area contributed by atoms with Crippen molar-refractivity contribution in [2.24, 2.45) is 0 Å². The van der Waals surface area contributed by atoms with Gasteiger partial charge in [0.2, 0.25) is 0 Å². The summed E-state index contributed by atoms with van der Waals surface area (Å²) in [6.07, 6.45) is 0.0684. The molecule has 0 aliphatic carbocycles. The van der Waals surface area contributed by atoms with Gasteiger partial charge >= 0.3 is 0 Å². The van der Waals surface area contributed by atoms with E-state index in [0.29, 0.717) is 6.54 Å². The maximum absolute atomic E-state index is 14.3. The van der Waals surface area contributed by atoms with E-state index in [9.17, 15) is 4.39 Å². The zero-order valence-corrected chi connectivity index (χ0v) is 16.7. The number of hydrogen-bond donors (Lipinski definition) is 0. The maximum atomic E-state index is 14.3. The zero-order valence-electron chi connectivity index (χ0n) is 16.0. The molecule has 0 amide bonds. The first kappa shape index (κ1) is 19.1. The highest BCUT2D eigenvalue weighted by molar-refractivity contribution is 6.30. The highest BCUT2D eigenvalue weighted by Gasteiger charge is 2.33. The summed E-state index contributed by atoms with van der Waals surface area (Å²) in [4.78, 5) is 4.78. The second-order valence-corrected chi connectivity index (χ2v) is 7.89. The molecule has 0 bridgehead atoms. The third-order valence-electron chi connectivity index (χ3n) is 5.31. The highest BCUT2D eigenvalue weighted by Crippen LogP contribution is 2.34. The van der Waals surface area contributed by atoms with Crippen LogP contribution in [0.4, 0.5) is 4.39 Å². The molecule has 4 rings (SSSR count). The lowest BCUT2D eigenvalue weighted by Crippen LogP contribution is -2.30. The Labute approximate surface area is 171 Å². The lowest BCUT2D eigenvalue weighted by molar-refractivity contribution is 0.125. The van der Waals surface area contributed by atoms with Gasteiger partial charge in [0.1, 0.15) is 5.82 Å². The topological polar surface area (TPSA) is 6.48 Å². The van der Waals surface area contributed by atoms with Crippen LogP contribution < -0.4 is 0 Å². The quantitative estimate of drug-likeness (QED) is 0.539. The van der Waals surface area contributed by atoms with E-state index in [1.165, 1.54) is 17.2 Å². The minimum atomic E-state index is -0.149. The van der Waals surface area contributed by atoms with Gasteiger partial charge in [-0.15, -0.1) is 0 Å². The van der Waals surface area contributed by atoms with Gasteiger partial charge in [0, 0.05) is 36.8 Å². The summed E-state index contributed by atoms with van der Waals surface area (Å²) in [6.45, 7) is 5.37. The van der Waals surface area contributed by atoms with Crippen LogP contribution in [0.15, 0.2) is 72.8 Å². The van der Waals surface area contributed by atoms with E-state index >= 15 is 0 Å². The summed E-state index contributed by atoms with van der Waals surface area (Å²) in [7, 11) is 0. The Morgan fingerprint density at radius 1 is 0.893 bits per heavy atom. The molecule has 0 spiro atoms. The second kappa shape index (κ2) is 8.44. The van der Waals surface area contributed by atoms with Crippen molar-refractivity contribution in [3.05, 3.63) is 106 Å². The molecule has 1 fully saturated rings. The molecule has 0 saturated carbocycles.